The first kappa shape index (κ1) is 27.8. The molecule has 0 spiro atoms. The molecule has 0 aromatic carbocycles. The maximum atomic E-state index is 13.2. The first-order valence-electron chi connectivity index (χ1n) is 15.2. The van der Waals surface area contributed by atoms with Crippen LogP contribution in [0.4, 0.5) is 0 Å². The van der Waals surface area contributed by atoms with E-state index in [1.165, 1.54) is 6.42 Å². The van der Waals surface area contributed by atoms with Crippen molar-refractivity contribution in [2.75, 3.05) is 6.61 Å². The van der Waals surface area contributed by atoms with Gasteiger partial charge in [0.05, 0.1) is 30.0 Å². The lowest BCUT2D eigenvalue weighted by molar-refractivity contribution is -0.270. The quantitative estimate of drug-likeness (QED) is 0.406. The summed E-state index contributed by atoms with van der Waals surface area (Å²) in [7, 11) is 0. The lowest BCUT2D eigenvalue weighted by Gasteiger charge is -2.71. The predicted molar refractivity (Wildman–Crippen MR) is 148 cm³/mol. The lowest BCUT2D eigenvalue weighted by Crippen LogP contribution is -2.69. The third kappa shape index (κ3) is 3.81. The molecule has 0 unspecified atom stereocenters. The van der Waals surface area contributed by atoms with Gasteiger partial charge in [0, 0.05) is 17.8 Å². The molecule has 4 aliphatic carbocycles. The molecule has 4 nitrogen and oxygen atoms in total. The van der Waals surface area contributed by atoms with Gasteiger partial charge in [-0.05, 0) is 106 Å². The molecule has 0 aromatic heterocycles. The van der Waals surface area contributed by atoms with E-state index >= 15 is 0 Å². The number of aliphatic hydroxyl groups excluding tert-OH is 1. The maximum Gasteiger partial charge on any atom is 0.138 e. The smallest absolute Gasteiger partial charge is 0.138 e. The van der Waals surface area contributed by atoms with Gasteiger partial charge in [-0.15, -0.1) is 6.58 Å². The second-order valence-electron chi connectivity index (χ2n) is 15.9. The maximum absolute atomic E-state index is 13.2. The number of carbonyl (C=O) groups is 1. The van der Waals surface area contributed by atoms with Crippen molar-refractivity contribution < 1.29 is 19.4 Å². The standard InChI is InChI=1S/C33H54O4/c1-10-18-36-23-20-32(8)24(30(6)16-13-25(35)29(4,5)27(23)30)19-22(34)26-21(12-17-31(26,32)7)33(9)15-11-14-28(2,3)37-33/h10,21-24,26-27,34H,1,11-20H2,2-9H3/t21-,22+,23-,24+,26-,27-,30+,31+,32+,33+/m0/s1. The van der Waals surface area contributed by atoms with E-state index in [1.807, 2.05) is 6.08 Å². The third-order valence-corrected chi connectivity index (χ3v) is 13.2. The number of hydrogen-bond acceptors (Lipinski definition) is 4. The van der Waals surface area contributed by atoms with Crippen LogP contribution >= 0.6 is 0 Å². The van der Waals surface area contributed by atoms with E-state index in [4.69, 9.17) is 9.47 Å². The fraction of sp³-hybridized carbons (Fsp3) is 0.909. The van der Waals surface area contributed by atoms with E-state index in [0.29, 0.717) is 30.6 Å². The van der Waals surface area contributed by atoms with Crippen molar-refractivity contribution in [2.45, 2.75) is 137 Å². The Morgan fingerprint density at radius 1 is 1.03 bits per heavy atom. The van der Waals surface area contributed by atoms with Gasteiger partial charge in [0.2, 0.25) is 0 Å². The topological polar surface area (TPSA) is 55.8 Å². The van der Waals surface area contributed by atoms with Crippen molar-refractivity contribution in [3.63, 3.8) is 0 Å². The number of hydrogen-bond donors (Lipinski definition) is 1. The van der Waals surface area contributed by atoms with Crippen LogP contribution in [0.25, 0.3) is 0 Å². The molecule has 5 aliphatic rings. The van der Waals surface area contributed by atoms with E-state index in [2.05, 4.69) is 62.0 Å². The molecular formula is C33H54O4. The molecule has 5 fully saturated rings. The molecule has 1 aliphatic heterocycles. The van der Waals surface area contributed by atoms with Gasteiger partial charge in [-0.25, -0.2) is 0 Å². The van der Waals surface area contributed by atoms with Gasteiger partial charge in [-0.1, -0.05) is 40.7 Å². The van der Waals surface area contributed by atoms with Crippen LogP contribution in [0.2, 0.25) is 0 Å². The van der Waals surface area contributed by atoms with Gasteiger partial charge in [-0.3, -0.25) is 4.79 Å². The van der Waals surface area contributed by atoms with E-state index < -0.39 is 5.41 Å². The van der Waals surface area contributed by atoms with Crippen molar-refractivity contribution in [3.8, 4) is 0 Å². The number of ketones is 1. The summed E-state index contributed by atoms with van der Waals surface area (Å²) in [6, 6.07) is 0. The van der Waals surface area contributed by atoms with Gasteiger partial charge < -0.3 is 14.6 Å². The molecule has 1 N–H and O–H groups in total. The van der Waals surface area contributed by atoms with E-state index in [-0.39, 0.29) is 51.5 Å². The summed E-state index contributed by atoms with van der Waals surface area (Å²) in [6.07, 6.45) is 10.5. The number of rotatable bonds is 4. The average Bonchev–Trinajstić information content (AvgIpc) is 3.17. The zero-order valence-electron chi connectivity index (χ0n) is 25.0. The summed E-state index contributed by atoms with van der Waals surface area (Å²) in [4.78, 5) is 13.2. The monoisotopic (exact) mass is 514 g/mol. The minimum Gasteiger partial charge on any atom is -0.393 e. The van der Waals surface area contributed by atoms with E-state index in [1.54, 1.807) is 0 Å². The highest BCUT2D eigenvalue weighted by Gasteiger charge is 2.73. The zero-order chi connectivity index (χ0) is 27.2. The van der Waals surface area contributed by atoms with Crippen molar-refractivity contribution >= 4 is 5.78 Å². The summed E-state index contributed by atoms with van der Waals surface area (Å²) < 4.78 is 13.5. The minimum atomic E-state index is -0.421. The molecule has 0 amide bonds. The van der Waals surface area contributed by atoms with Crippen LogP contribution < -0.4 is 0 Å². The summed E-state index contributed by atoms with van der Waals surface area (Å²) in [6.45, 7) is 23.1. The molecule has 5 rings (SSSR count). The Morgan fingerprint density at radius 2 is 1.73 bits per heavy atom. The number of fused-ring (bicyclic) bond motifs is 5. The molecular weight excluding hydrogens is 460 g/mol. The van der Waals surface area contributed by atoms with E-state index in [9.17, 15) is 9.90 Å². The Kier molecular flexibility index (Phi) is 6.50. The minimum absolute atomic E-state index is 0.00330. The molecule has 0 aromatic rings. The van der Waals surface area contributed by atoms with Crippen molar-refractivity contribution in [1.82, 2.24) is 0 Å². The molecule has 210 valence electrons. The first-order valence-corrected chi connectivity index (χ1v) is 15.2. The van der Waals surface area contributed by atoms with Crippen LogP contribution in [-0.2, 0) is 14.3 Å². The molecule has 10 atom stereocenters. The second kappa shape index (κ2) is 8.64. The normalized spacial score (nSPS) is 52.6. The van der Waals surface area contributed by atoms with Crippen LogP contribution in [0.3, 0.4) is 0 Å². The fourth-order valence-electron chi connectivity index (χ4n) is 11.6. The van der Waals surface area contributed by atoms with Gasteiger partial charge in [-0.2, -0.15) is 0 Å². The largest absolute Gasteiger partial charge is 0.393 e. The van der Waals surface area contributed by atoms with Crippen molar-refractivity contribution in [3.05, 3.63) is 12.7 Å². The first-order chi connectivity index (χ1) is 17.1. The van der Waals surface area contributed by atoms with E-state index in [0.717, 1.165) is 44.9 Å². The van der Waals surface area contributed by atoms with Gasteiger partial charge in [0.15, 0.2) is 0 Å². The van der Waals surface area contributed by atoms with Crippen LogP contribution in [0.15, 0.2) is 12.7 Å². The second-order valence-corrected chi connectivity index (χ2v) is 15.9. The molecule has 0 radical (unpaired) electrons. The van der Waals surface area contributed by atoms with Gasteiger partial charge >= 0.3 is 0 Å². The van der Waals surface area contributed by atoms with Crippen LogP contribution in [0, 0.1) is 45.3 Å². The van der Waals surface area contributed by atoms with Crippen LogP contribution in [0.1, 0.15) is 113 Å². The number of aliphatic hydroxyl groups is 1. The highest BCUT2D eigenvalue weighted by atomic mass is 16.5. The Labute approximate surface area is 226 Å². The van der Waals surface area contributed by atoms with Crippen LogP contribution in [0.5, 0.6) is 0 Å². The van der Waals surface area contributed by atoms with Crippen molar-refractivity contribution in [2.24, 2.45) is 45.3 Å². The SMILES string of the molecule is C=CCO[C@H]1C[C@]2(C)[C@H](C[C@@H](O)[C@@H]3[C@@H]([C@@]4(C)CCCC(C)(C)O4)CC[C@]32C)[C@@]2(C)CCC(=O)C(C)(C)[C@H]12. The highest BCUT2D eigenvalue weighted by molar-refractivity contribution is 5.85. The molecule has 4 heteroatoms. The molecule has 1 heterocycles. The predicted octanol–water partition coefficient (Wildman–Crippen LogP) is 7.13. The van der Waals surface area contributed by atoms with Crippen LogP contribution in [-0.4, -0.2) is 40.9 Å². The Bertz CT molecular complexity index is 939. The summed E-state index contributed by atoms with van der Waals surface area (Å²) in [5.74, 6) is 1.49. The number of carbonyl (C=O) groups excluding carboxylic acids is 1. The Hall–Kier alpha value is -0.710. The number of ether oxygens (including phenoxy) is 2. The molecule has 1 saturated heterocycles. The zero-order valence-corrected chi connectivity index (χ0v) is 25.0. The summed E-state index contributed by atoms with van der Waals surface area (Å²) in [5, 5.41) is 12.1. The fourth-order valence-corrected chi connectivity index (χ4v) is 11.6. The average molecular weight is 515 g/mol. The summed E-state index contributed by atoms with van der Waals surface area (Å²) in [5.41, 5.74) is -0.726. The highest BCUT2D eigenvalue weighted by Crippen LogP contribution is 2.76. The molecule has 0 bridgehead atoms. The van der Waals surface area contributed by atoms with Gasteiger partial charge in [0.25, 0.3) is 0 Å². The van der Waals surface area contributed by atoms with Gasteiger partial charge in [0.1, 0.15) is 5.78 Å². The molecule has 4 saturated carbocycles. The Morgan fingerprint density at radius 3 is 2.38 bits per heavy atom. The lowest BCUT2D eigenvalue weighted by atomic mass is 9.34. The number of Topliss-reactive ketones (excluding diaryl/α,β-unsaturated/α-hetero) is 1. The Balaban J connectivity index is 1.57. The summed E-state index contributed by atoms with van der Waals surface area (Å²) >= 11 is 0. The third-order valence-electron chi connectivity index (χ3n) is 13.2. The van der Waals surface area contributed by atoms with Crippen molar-refractivity contribution in [1.29, 1.82) is 0 Å². The molecule has 37 heavy (non-hydrogen) atoms.